The molecule has 1 N–H and O–H groups in total. The van der Waals surface area contributed by atoms with Crippen molar-refractivity contribution in [2.24, 2.45) is 5.92 Å². The molecule has 0 bridgehead atoms. The van der Waals surface area contributed by atoms with E-state index in [1.807, 2.05) is 18.4 Å². The maximum absolute atomic E-state index is 12.3. The summed E-state index contributed by atoms with van der Waals surface area (Å²) < 4.78 is 11.3. The van der Waals surface area contributed by atoms with E-state index in [1.54, 1.807) is 6.20 Å². The summed E-state index contributed by atoms with van der Waals surface area (Å²) in [4.78, 5) is 21.1. The van der Waals surface area contributed by atoms with Gasteiger partial charge in [0.05, 0.1) is 17.3 Å². The number of carbonyl (C=O) groups is 1. The summed E-state index contributed by atoms with van der Waals surface area (Å²) in [6.45, 7) is 1.78. The van der Waals surface area contributed by atoms with Crippen LogP contribution in [0.4, 0.5) is 0 Å². The number of rotatable bonds is 5. The van der Waals surface area contributed by atoms with Crippen LogP contribution in [0.3, 0.4) is 0 Å². The first-order valence-corrected chi connectivity index (χ1v) is 11.0. The second-order valence-electron chi connectivity index (χ2n) is 6.95. The molecule has 8 heteroatoms. The third-order valence-electron chi connectivity index (χ3n) is 5.06. The van der Waals surface area contributed by atoms with Gasteiger partial charge in [-0.25, -0.2) is 9.97 Å². The molecule has 0 unspecified atom stereocenters. The molecule has 2 aromatic rings. The molecule has 0 radical (unpaired) electrons. The molecule has 1 atom stereocenters. The molecule has 2 aliphatic heterocycles. The highest BCUT2D eigenvalue weighted by molar-refractivity contribution is 7.98. The van der Waals surface area contributed by atoms with E-state index in [0.29, 0.717) is 37.0 Å². The fraction of sp³-hybridized carbons (Fsp3) is 0.450. The van der Waals surface area contributed by atoms with Gasteiger partial charge in [0, 0.05) is 42.9 Å². The molecule has 6 nitrogen and oxygen atoms in total. The number of fused-ring (bicyclic) bond motifs is 1. The standard InChI is InChI=1S/C20H22ClN3O3S/c1-28-20-22-5-2-17(24-20)13-8-14-9-15(27-18(14)16(21)10-13)11-23-19(25)12-3-6-26-7-4-12/h2,5,8,10,12,15H,3-4,6-7,9,11H2,1H3,(H,23,25)/t15-/m0/s1. The first kappa shape index (κ1) is 19.5. The Hall–Kier alpha value is -1.83. The minimum Gasteiger partial charge on any atom is -0.486 e. The fourth-order valence-electron chi connectivity index (χ4n) is 3.57. The van der Waals surface area contributed by atoms with Crippen LogP contribution in [0.15, 0.2) is 29.6 Å². The van der Waals surface area contributed by atoms with Gasteiger partial charge in [-0.15, -0.1) is 0 Å². The number of benzene rings is 1. The highest BCUT2D eigenvalue weighted by Crippen LogP contribution is 2.39. The Kier molecular flexibility index (Phi) is 6.04. The number of amides is 1. The van der Waals surface area contributed by atoms with Crippen LogP contribution < -0.4 is 10.1 Å². The van der Waals surface area contributed by atoms with Crippen molar-refractivity contribution >= 4 is 29.3 Å². The number of carbonyl (C=O) groups excluding carboxylic acids is 1. The van der Waals surface area contributed by atoms with Crippen LogP contribution in [0.2, 0.25) is 5.02 Å². The highest BCUT2D eigenvalue weighted by atomic mass is 35.5. The van der Waals surface area contributed by atoms with Gasteiger partial charge >= 0.3 is 0 Å². The van der Waals surface area contributed by atoms with E-state index in [-0.39, 0.29) is 17.9 Å². The van der Waals surface area contributed by atoms with Crippen molar-refractivity contribution in [1.82, 2.24) is 15.3 Å². The summed E-state index contributed by atoms with van der Waals surface area (Å²) in [6.07, 6.45) is 5.85. The number of ether oxygens (including phenoxy) is 2. The smallest absolute Gasteiger partial charge is 0.223 e. The quantitative estimate of drug-likeness (QED) is 0.591. The highest BCUT2D eigenvalue weighted by Gasteiger charge is 2.28. The number of halogens is 1. The van der Waals surface area contributed by atoms with E-state index in [9.17, 15) is 4.79 Å². The third kappa shape index (κ3) is 4.26. The predicted octanol–water partition coefficient (Wildman–Crippen LogP) is 3.37. The lowest BCUT2D eigenvalue weighted by atomic mass is 9.99. The maximum Gasteiger partial charge on any atom is 0.223 e. The van der Waals surface area contributed by atoms with E-state index in [4.69, 9.17) is 21.1 Å². The van der Waals surface area contributed by atoms with Crippen molar-refractivity contribution in [3.05, 3.63) is 35.0 Å². The zero-order valence-corrected chi connectivity index (χ0v) is 17.2. The van der Waals surface area contributed by atoms with E-state index in [2.05, 4.69) is 21.4 Å². The monoisotopic (exact) mass is 419 g/mol. The van der Waals surface area contributed by atoms with Crippen molar-refractivity contribution in [3.63, 3.8) is 0 Å². The van der Waals surface area contributed by atoms with Crippen LogP contribution in [0.25, 0.3) is 11.3 Å². The molecule has 1 aromatic carbocycles. The van der Waals surface area contributed by atoms with Crippen molar-refractivity contribution in [3.8, 4) is 17.0 Å². The third-order valence-corrected chi connectivity index (χ3v) is 5.90. The molecule has 1 saturated heterocycles. The Bertz CT molecular complexity index is 874. The minimum absolute atomic E-state index is 0.0381. The largest absolute Gasteiger partial charge is 0.486 e. The molecule has 0 saturated carbocycles. The summed E-state index contributed by atoms with van der Waals surface area (Å²) in [5.74, 6) is 0.825. The van der Waals surface area contributed by atoms with E-state index in [0.717, 1.165) is 34.8 Å². The summed E-state index contributed by atoms with van der Waals surface area (Å²) in [6, 6.07) is 5.81. The fourth-order valence-corrected chi connectivity index (χ4v) is 4.21. The molecule has 2 aliphatic rings. The van der Waals surface area contributed by atoms with Gasteiger partial charge in [0.25, 0.3) is 0 Å². The van der Waals surface area contributed by atoms with Crippen LogP contribution in [0.5, 0.6) is 5.75 Å². The van der Waals surface area contributed by atoms with E-state index in [1.165, 1.54) is 11.8 Å². The zero-order chi connectivity index (χ0) is 19.5. The normalized spacial score (nSPS) is 19.1. The number of hydrogen-bond donors (Lipinski definition) is 1. The lowest BCUT2D eigenvalue weighted by Gasteiger charge is -2.22. The van der Waals surface area contributed by atoms with Gasteiger partial charge in [-0.05, 0) is 37.3 Å². The Morgan fingerprint density at radius 2 is 2.18 bits per heavy atom. The van der Waals surface area contributed by atoms with Crippen LogP contribution in [-0.4, -0.2) is 48.0 Å². The average Bonchev–Trinajstić information content (AvgIpc) is 3.16. The molecule has 28 heavy (non-hydrogen) atoms. The lowest BCUT2D eigenvalue weighted by Crippen LogP contribution is -2.39. The summed E-state index contributed by atoms with van der Waals surface area (Å²) in [7, 11) is 0. The van der Waals surface area contributed by atoms with Gasteiger partial charge in [0.1, 0.15) is 11.9 Å². The van der Waals surface area contributed by atoms with Crippen LogP contribution >= 0.6 is 23.4 Å². The zero-order valence-electron chi connectivity index (χ0n) is 15.6. The molecule has 0 aliphatic carbocycles. The first-order chi connectivity index (χ1) is 13.6. The van der Waals surface area contributed by atoms with E-state index < -0.39 is 0 Å². The van der Waals surface area contributed by atoms with Crippen LogP contribution in [0.1, 0.15) is 18.4 Å². The Balaban J connectivity index is 1.43. The second-order valence-corrected chi connectivity index (χ2v) is 8.13. The van der Waals surface area contributed by atoms with Gasteiger partial charge in [-0.1, -0.05) is 23.4 Å². The average molecular weight is 420 g/mol. The first-order valence-electron chi connectivity index (χ1n) is 9.36. The van der Waals surface area contributed by atoms with Crippen LogP contribution in [-0.2, 0) is 16.0 Å². The lowest BCUT2D eigenvalue weighted by molar-refractivity contribution is -0.128. The molecule has 4 rings (SSSR count). The molecule has 1 aromatic heterocycles. The minimum atomic E-state index is -0.112. The van der Waals surface area contributed by atoms with Crippen molar-refractivity contribution < 1.29 is 14.3 Å². The second kappa shape index (κ2) is 8.68. The molecular formula is C20H22ClN3O3S. The van der Waals surface area contributed by atoms with Gasteiger partial charge in [0.15, 0.2) is 5.16 Å². The molecule has 1 amide bonds. The maximum atomic E-state index is 12.3. The molecule has 1 fully saturated rings. The molecular weight excluding hydrogens is 398 g/mol. The summed E-state index contributed by atoms with van der Waals surface area (Å²) >= 11 is 7.97. The van der Waals surface area contributed by atoms with Crippen molar-refractivity contribution in [2.75, 3.05) is 26.0 Å². The molecule has 148 valence electrons. The Labute approximate surface area is 173 Å². The van der Waals surface area contributed by atoms with E-state index >= 15 is 0 Å². The van der Waals surface area contributed by atoms with Crippen molar-refractivity contribution in [1.29, 1.82) is 0 Å². The number of aromatic nitrogens is 2. The number of nitrogens with zero attached hydrogens (tertiary/aromatic N) is 2. The van der Waals surface area contributed by atoms with Gasteiger partial charge in [-0.2, -0.15) is 0 Å². The SMILES string of the molecule is CSc1nccc(-c2cc(Cl)c3c(c2)C[C@@H](CNC(=O)C2CCOCC2)O3)n1. The summed E-state index contributed by atoms with van der Waals surface area (Å²) in [5, 5.41) is 4.31. The Morgan fingerprint density at radius 1 is 1.36 bits per heavy atom. The Morgan fingerprint density at radius 3 is 2.96 bits per heavy atom. The van der Waals surface area contributed by atoms with Gasteiger partial charge in [0.2, 0.25) is 5.91 Å². The molecule has 0 spiro atoms. The van der Waals surface area contributed by atoms with Crippen LogP contribution in [0, 0.1) is 5.92 Å². The van der Waals surface area contributed by atoms with Gasteiger partial charge in [-0.3, -0.25) is 4.79 Å². The van der Waals surface area contributed by atoms with Gasteiger partial charge < -0.3 is 14.8 Å². The van der Waals surface area contributed by atoms with Crippen molar-refractivity contribution in [2.45, 2.75) is 30.5 Å². The summed E-state index contributed by atoms with van der Waals surface area (Å²) in [5.41, 5.74) is 2.81. The topological polar surface area (TPSA) is 73.3 Å². The molecule has 3 heterocycles. The number of nitrogens with one attached hydrogen (secondary N) is 1. The number of hydrogen-bond acceptors (Lipinski definition) is 6. The predicted molar refractivity (Wildman–Crippen MR) is 109 cm³/mol. The number of thioether (sulfide) groups is 1.